The van der Waals surface area contributed by atoms with Crippen LogP contribution in [0.5, 0.6) is 0 Å². The normalized spacial score (nSPS) is 26.3. The Morgan fingerprint density at radius 2 is 2.47 bits per heavy atom. The molecule has 2 rings (SSSR count). The van der Waals surface area contributed by atoms with Crippen molar-refractivity contribution in [2.24, 2.45) is 5.92 Å². The van der Waals surface area contributed by atoms with Gasteiger partial charge in [-0.3, -0.25) is 4.90 Å². The lowest BCUT2D eigenvalue weighted by Crippen LogP contribution is -2.44. The lowest BCUT2D eigenvalue weighted by Gasteiger charge is -2.39. The van der Waals surface area contributed by atoms with Crippen molar-refractivity contribution in [2.45, 2.75) is 38.8 Å². The highest BCUT2D eigenvalue weighted by atomic mass is 35.5. The molecule has 1 fully saturated rings. The van der Waals surface area contributed by atoms with E-state index in [1.54, 1.807) is 17.5 Å². The largest absolute Gasteiger partial charge is 0.396 e. The molecule has 5 heteroatoms. The van der Waals surface area contributed by atoms with E-state index in [0.717, 1.165) is 28.9 Å². The molecule has 0 bridgehead atoms. The molecule has 1 aromatic rings. The lowest BCUT2D eigenvalue weighted by atomic mass is 9.89. The van der Waals surface area contributed by atoms with Crippen LogP contribution < -0.4 is 0 Å². The van der Waals surface area contributed by atoms with Crippen LogP contribution in [0.25, 0.3) is 0 Å². The number of halogens is 1. The second-order valence-corrected chi connectivity index (χ2v) is 6.47. The highest BCUT2D eigenvalue weighted by Gasteiger charge is 2.28. The fourth-order valence-electron chi connectivity index (χ4n) is 2.66. The monoisotopic (exact) mass is 274 g/mol. The molecule has 1 aromatic heterocycles. The zero-order valence-electron chi connectivity index (χ0n) is 10.1. The van der Waals surface area contributed by atoms with Crippen molar-refractivity contribution in [2.75, 3.05) is 13.2 Å². The van der Waals surface area contributed by atoms with Crippen LogP contribution in [0.1, 0.15) is 31.2 Å². The number of rotatable bonds is 4. The van der Waals surface area contributed by atoms with Crippen LogP contribution in [-0.2, 0) is 6.54 Å². The first-order valence-corrected chi connectivity index (χ1v) is 7.35. The lowest BCUT2D eigenvalue weighted by molar-refractivity contribution is 0.0720. The maximum atomic E-state index is 9.16. The molecule has 1 N–H and O–H groups in total. The Labute approximate surface area is 111 Å². The minimum Gasteiger partial charge on any atom is -0.396 e. The zero-order valence-corrected chi connectivity index (χ0v) is 11.7. The van der Waals surface area contributed by atoms with Crippen molar-refractivity contribution in [3.8, 4) is 0 Å². The van der Waals surface area contributed by atoms with E-state index >= 15 is 0 Å². The minimum atomic E-state index is 0.268. The topological polar surface area (TPSA) is 36.4 Å². The number of piperidine rings is 1. The predicted molar refractivity (Wildman–Crippen MR) is 71.4 cm³/mol. The SMILES string of the molecule is CC1CCCN(Cc2ncc(Cl)s2)C1CCO. The number of hydrogen-bond donors (Lipinski definition) is 1. The second kappa shape index (κ2) is 6.14. The van der Waals surface area contributed by atoms with Crippen molar-refractivity contribution in [1.29, 1.82) is 0 Å². The Balaban J connectivity index is 2.01. The summed E-state index contributed by atoms with van der Waals surface area (Å²) in [6.45, 7) is 4.52. The summed E-state index contributed by atoms with van der Waals surface area (Å²) in [5.74, 6) is 0.659. The molecule has 3 nitrogen and oxygen atoms in total. The first-order chi connectivity index (χ1) is 8.20. The first-order valence-electron chi connectivity index (χ1n) is 6.16. The summed E-state index contributed by atoms with van der Waals surface area (Å²) >= 11 is 7.45. The standard InChI is InChI=1S/C12H19ClN2OS/c1-9-3-2-5-15(10(9)4-6-16)8-12-14-7-11(13)17-12/h7,9-10,16H,2-6,8H2,1H3. The van der Waals surface area contributed by atoms with Gasteiger partial charge in [-0.1, -0.05) is 18.5 Å². The quantitative estimate of drug-likeness (QED) is 0.917. The molecule has 0 aromatic carbocycles. The van der Waals surface area contributed by atoms with Crippen molar-refractivity contribution >= 4 is 22.9 Å². The van der Waals surface area contributed by atoms with Gasteiger partial charge in [0.2, 0.25) is 0 Å². The first kappa shape index (κ1) is 13.3. The Bertz CT molecular complexity index is 358. The third kappa shape index (κ3) is 3.41. The Hall–Kier alpha value is -0.160. The van der Waals surface area contributed by atoms with Gasteiger partial charge in [0.15, 0.2) is 0 Å². The highest BCUT2D eigenvalue weighted by molar-refractivity contribution is 7.15. The van der Waals surface area contributed by atoms with Crippen molar-refractivity contribution in [1.82, 2.24) is 9.88 Å². The molecular weight excluding hydrogens is 256 g/mol. The molecule has 1 saturated heterocycles. The molecule has 17 heavy (non-hydrogen) atoms. The van der Waals surface area contributed by atoms with Crippen molar-refractivity contribution < 1.29 is 5.11 Å². The molecule has 1 aliphatic rings. The molecule has 96 valence electrons. The highest BCUT2D eigenvalue weighted by Crippen LogP contribution is 2.28. The maximum Gasteiger partial charge on any atom is 0.113 e. The third-order valence-corrected chi connectivity index (χ3v) is 4.62. The van der Waals surface area contributed by atoms with Gasteiger partial charge in [0.25, 0.3) is 0 Å². The van der Waals surface area contributed by atoms with Gasteiger partial charge in [-0.05, 0) is 31.7 Å². The van der Waals surface area contributed by atoms with Crippen LogP contribution in [-0.4, -0.2) is 34.2 Å². The molecular formula is C12H19ClN2OS. The number of aliphatic hydroxyl groups excluding tert-OH is 1. The van der Waals surface area contributed by atoms with Gasteiger partial charge in [0.1, 0.15) is 9.34 Å². The van der Waals surface area contributed by atoms with Crippen LogP contribution >= 0.6 is 22.9 Å². The van der Waals surface area contributed by atoms with Gasteiger partial charge in [0.05, 0.1) is 12.7 Å². The molecule has 0 radical (unpaired) electrons. The summed E-state index contributed by atoms with van der Waals surface area (Å²) in [6.07, 6.45) is 5.08. The molecule has 1 aliphatic heterocycles. The summed E-state index contributed by atoms with van der Waals surface area (Å²) in [5.41, 5.74) is 0. The van der Waals surface area contributed by atoms with E-state index in [2.05, 4.69) is 16.8 Å². The molecule has 0 spiro atoms. The van der Waals surface area contributed by atoms with Crippen molar-refractivity contribution in [3.05, 3.63) is 15.5 Å². The molecule has 0 aliphatic carbocycles. The Morgan fingerprint density at radius 1 is 1.65 bits per heavy atom. The number of likely N-dealkylation sites (tertiary alicyclic amines) is 1. The molecule has 2 atom stereocenters. The van der Waals surface area contributed by atoms with E-state index in [-0.39, 0.29) is 6.61 Å². The average molecular weight is 275 g/mol. The fraction of sp³-hybridized carbons (Fsp3) is 0.750. The van der Waals surface area contributed by atoms with Gasteiger partial charge in [-0.15, -0.1) is 11.3 Å². The second-order valence-electron chi connectivity index (χ2n) is 4.73. The van der Waals surface area contributed by atoms with E-state index in [0.29, 0.717) is 12.0 Å². The van der Waals surface area contributed by atoms with Gasteiger partial charge < -0.3 is 5.11 Å². The predicted octanol–water partition coefficient (Wildman–Crippen LogP) is 2.78. The molecule has 2 unspecified atom stereocenters. The van der Waals surface area contributed by atoms with Crippen LogP contribution in [0.3, 0.4) is 0 Å². The summed E-state index contributed by atoms with van der Waals surface area (Å²) in [7, 11) is 0. The summed E-state index contributed by atoms with van der Waals surface area (Å²) < 4.78 is 0.753. The van der Waals surface area contributed by atoms with Crippen LogP contribution in [0.4, 0.5) is 0 Å². The summed E-state index contributed by atoms with van der Waals surface area (Å²) in [6, 6.07) is 0.483. The summed E-state index contributed by atoms with van der Waals surface area (Å²) in [5, 5.41) is 10.2. The molecule has 0 amide bonds. The van der Waals surface area contributed by atoms with E-state index in [1.165, 1.54) is 12.8 Å². The third-order valence-electron chi connectivity index (χ3n) is 3.52. The van der Waals surface area contributed by atoms with E-state index in [9.17, 15) is 0 Å². The van der Waals surface area contributed by atoms with E-state index in [4.69, 9.17) is 16.7 Å². The number of nitrogens with zero attached hydrogens (tertiary/aromatic N) is 2. The van der Waals surface area contributed by atoms with Gasteiger partial charge >= 0.3 is 0 Å². The number of hydrogen-bond acceptors (Lipinski definition) is 4. The van der Waals surface area contributed by atoms with E-state index in [1.807, 2.05) is 0 Å². The molecule has 0 saturated carbocycles. The smallest absolute Gasteiger partial charge is 0.113 e. The maximum absolute atomic E-state index is 9.16. The summed E-state index contributed by atoms with van der Waals surface area (Å²) in [4.78, 5) is 6.76. The molecule has 2 heterocycles. The Kier molecular flexibility index (Phi) is 4.79. The minimum absolute atomic E-state index is 0.268. The Morgan fingerprint density at radius 3 is 3.12 bits per heavy atom. The number of aromatic nitrogens is 1. The average Bonchev–Trinajstić information content (AvgIpc) is 2.69. The zero-order chi connectivity index (χ0) is 12.3. The fourth-order valence-corrected chi connectivity index (χ4v) is 3.65. The number of thiazole rings is 1. The van der Waals surface area contributed by atoms with Crippen LogP contribution in [0, 0.1) is 5.92 Å². The van der Waals surface area contributed by atoms with Gasteiger partial charge in [0, 0.05) is 12.6 Å². The van der Waals surface area contributed by atoms with Gasteiger partial charge in [-0.25, -0.2) is 4.98 Å². The van der Waals surface area contributed by atoms with Gasteiger partial charge in [-0.2, -0.15) is 0 Å². The van der Waals surface area contributed by atoms with Crippen LogP contribution in [0.15, 0.2) is 6.20 Å². The number of aliphatic hydroxyl groups is 1. The van der Waals surface area contributed by atoms with E-state index < -0.39 is 0 Å². The van der Waals surface area contributed by atoms with Crippen LogP contribution in [0.2, 0.25) is 4.34 Å². The van der Waals surface area contributed by atoms with Crippen molar-refractivity contribution in [3.63, 3.8) is 0 Å².